The zero-order valence-electron chi connectivity index (χ0n) is 13.3. The number of nitrogens with one attached hydrogen (secondary N) is 1. The van der Waals surface area contributed by atoms with Crippen LogP contribution in [-0.2, 0) is 16.1 Å². The summed E-state index contributed by atoms with van der Waals surface area (Å²) in [6, 6.07) is 7.31. The van der Waals surface area contributed by atoms with Crippen LogP contribution in [0.3, 0.4) is 0 Å². The predicted octanol–water partition coefficient (Wildman–Crippen LogP) is 1.83. The van der Waals surface area contributed by atoms with Crippen molar-refractivity contribution in [2.45, 2.75) is 32.9 Å². The Morgan fingerprint density at radius 2 is 2.00 bits per heavy atom. The van der Waals surface area contributed by atoms with E-state index in [-0.39, 0.29) is 5.91 Å². The lowest BCUT2D eigenvalue weighted by molar-refractivity contribution is -0.117. The lowest BCUT2D eigenvalue weighted by Crippen LogP contribution is -2.36. The molecule has 5 nitrogen and oxygen atoms in total. The molecule has 0 aliphatic carbocycles. The molecule has 0 aromatic heterocycles. The minimum atomic E-state index is -0.550. The van der Waals surface area contributed by atoms with Crippen LogP contribution in [-0.4, -0.2) is 43.7 Å². The van der Waals surface area contributed by atoms with Gasteiger partial charge in [0.15, 0.2) is 0 Å². The molecule has 1 aromatic rings. The molecule has 0 radical (unpaired) electrons. The van der Waals surface area contributed by atoms with Crippen molar-refractivity contribution in [3.63, 3.8) is 0 Å². The van der Waals surface area contributed by atoms with Gasteiger partial charge in [-0.25, -0.2) is 0 Å². The highest BCUT2D eigenvalue weighted by Gasteiger charge is 2.15. The van der Waals surface area contributed by atoms with Crippen molar-refractivity contribution in [3.05, 3.63) is 29.8 Å². The third kappa shape index (κ3) is 5.83. The molecule has 5 heteroatoms. The van der Waals surface area contributed by atoms with E-state index in [1.165, 1.54) is 0 Å². The number of hydrogen-bond acceptors (Lipinski definition) is 4. The standard InChI is InChI=1S/C16H27N3O2/c1-4-19(5-2)12-13-8-6-7-9-15(13)18-16(20)14(17)10-11-21-3/h6-9,14H,4-5,10-12,17H2,1-3H3,(H,18,20). The third-order valence-electron chi connectivity index (χ3n) is 3.53. The van der Waals surface area contributed by atoms with Gasteiger partial charge < -0.3 is 15.8 Å². The van der Waals surface area contributed by atoms with E-state index >= 15 is 0 Å². The Bertz CT molecular complexity index is 433. The minimum absolute atomic E-state index is 0.168. The molecule has 0 aliphatic rings. The number of methoxy groups -OCH3 is 1. The van der Waals surface area contributed by atoms with Crippen LogP contribution >= 0.6 is 0 Å². The molecule has 1 amide bonds. The van der Waals surface area contributed by atoms with Crippen LogP contribution in [0.4, 0.5) is 5.69 Å². The second kappa shape index (κ2) is 9.50. The summed E-state index contributed by atoms with van der Waals surface area (Å²) in [6.07, 6.45) is 0.514. The number of ether oxygens (including phenoxy) is 1. The summed E-state index contributed by atoms with van der Waals surface area (Å²) in [5, 5.41) is 2.93. The van der Waals surface area contributed by atoms with Gasteiger partial charge in [0.05, 0.1) is 6.04 Å². The first-order valence-corrected chi connectivity index (χ1v) is 7.48. The second-order valence-corrected chi connectivity index (χ2v) is 5.00. The zero-order valence-corrected chi connectivity index (χ0v) is 13.3. The Labute approximate surface area is 127 Å². The van der Waals surface area contributed by atoms with Crippen LogP contribution in [0.25, 0.3) is 0 Å². The Balaban J connectivity index is 2.72. The van der Waals surface area contributed by atoms with Crippen molar-refractivity contribution < 1.29 is 9.53 Å². The maximum atomic E-state index is 12.1. The smallest absolute Gasteiger partial charge is 0.241 e. The average Bonchev–Trinajstić information content (AvgIpc) is 2.51. The number of rotatable bonds is 9. The molecule has 1 aromatic carbocycles. The number of hydrogen-bond donors (Lipinski definition) is 2. The average molecular weight is 293 g/mol. The summed E-state index contributed by atoms with van der Waals surface area (Å²) in [6.45, 7) is 7.52. The number of nitrogens with two attached hydrogens (primary N) is 1. The highest BCUT2D eigenvalue weighted by atomic mass is 16.5. The lowest BCUT2D eigenvalue weighted by Gasteiger charge is -2.21. The molecule has 1 atom stereocenters. The third-order valence-corrected chi connectivity index (χ3v) is 3.53. The highest BCUT2D eigenvalue weighted by Crippen LogP contribution is 2.17. The van der Waals surface area contributed by atoms with Crippen LogP contribution in [0.5, 0.6) is 0 Å². The SMILES string of the molecule is CCN(CC)Cc1ccccc1NC(=O)C(N)CCOC. The summed E-state index contributed by atoms with van der Waals surface area (Å²) in [4.78, 5) is 14.4. The first kappa shape index (κ1) is 17.6. The van der Waals surface area contributed by atoms with Gasteiger partial charge in [-0.2, -0.15) is 0 Å². The minimum Gasteiger partial charge on any atom is -0.385 e. The van der Waals surface area contributed by atoms with Gasteiger partial charge in [-0.1, -0.05) is 32.0 Å². The van der Waals surface area contributed by atoms with Gasteiger partial charge in [-0.05, 0) is 31.1 Å². The van der Waals surface area contributed by atoms with Gasteiger partial charge in [0.1, 0.15) is 0 Å². The van der Waals surface area contributed by atoms with Crippen molar-refractivity contribution in [2.24, 2.45) is 5.73 Å². The molecule has 0 bridgehead atoms. The molecular formula is C16H27N3O2. The molecule has 0 saturated carbocycles. The van der Waals surface area contributed by atoms with Crippen LogP contribution in [0.15, 0.2) is 24.3 Å². The summed E-state index contributed by atoms with van der Waals surface area (Å²) in [7, 11) is 1.60. The first-order valence-electron chi connectivity index (χ1n) is 7.48. The fraction of sp³-hybridized carbons (Fsp3) is 0.562. The number of para-hydroxylation sites is 1. The second-order valence-electron chi connectivity index (χ2n) is 5.00. The highest BCUT2D eigenvalue weighted by molar-refractivity contribution is 5.95. The monoisotopic (exact) mass is 293 g/mol. The molecule has 118 valence electrons. The van der Waals surface area contributed by atoms with Gasteiger partial charge in [-0.3, -0.25) is 9.69 Å². The summed E-state index contributed by atoms with van der Waals surface area (Å²) in [5.74, 6) is -0.168. The Hall–Kier alpha value is -1.43. The van der Waals surface area contributed by atoms with E-state index in [4.69, 9.17) is 10.5 Å². The summed E-state index contributed by atoms with van der Waals surface area (Å²) >= 11 is 0. The molecule has 0 fully saturated rings. The number of benzene rings is 1. The Morgan fingerprint density at radius 1 is 1.33 bits per heavy atom. The Kier molecular flexibility index (Phi) is 7.97. The van der Waals surface area contributed by atoms with E-state index in [1.54, 1.807) is 7.11 Å². The maximum Gasteiger partial charge on any atom is 0.241 e. The summed E-state index contributed by atoms with van der Waals surface area (Å²) in [5.41, 5.74) is 7.79. The molecule has 0 aliphatic heterocycles. The molecule has 0 saturated heterocycles. The van der Waals surface area contributed by atoms with Crippen LogP contribution in [0.2, 0.25) is 0 Å². The number of nitrogens with zero attached hydrogens (tertiary/aromatic N) is 1. The summed E-state index contributed by atoms with van der Waals surface area (Å²) < 4.78 is 4.95. The van der Waals surface area contributed by atoms with E-state index in [9.17, 15) is 4.79 Å². The van der Waals surface area contributed by atoms with Crippen molar-refractivity contribution in [2.75, 3.05) is 32.1 Å². The largest absolute Gasteiger partial charge is 0.385 e. The van der Waals surface area contributed by atoms with Crippen LogP contribution in [0.1, 0.15) is 25.8 Å². The number of anilines is 1. The van der Waals surface area contributed by atoms with Gasteiger partial charge in [0, 0.05) is 25.9 Å². The van der Waals surface area contributed by atoms with Gasteiger partial charge in [-0.15, -0.1) is 0 Å². The van der Waals surface area contributed by atoms with Crippen molar-refractivity contribution >= 4 is 11.6 Å². The molecule has 21 heavy (non-hydrogen) atoms. The molecule has 3 N–H and O–H groups in total. The quantitative estimate of drug-likeness (QED) is 0.729. The molecule has 0 heterocycles. The van der Waals surface area contributed by atoms with E-state index in [2.05, 4.69) is 24.1 Å². The topological polar surface area (TPSA) is 67.6 Å². The predicted molar refractivity (Wildman–Crippen MR) is 86.2 cm³/mol. The van der Waals surface area contributed by atoms with Crippen molar-refractivity contribution in [3.8, 4) is 0 Å². The van der Waals surface area contributed by atoms with Gasteiger partial charge in [0.2, 0.25) is 5.91 Å². The molecule has 1 rings (SSSR count). The Morgan fingerprint density at radius 3 is 2.62 bits per heavy atom. The van der Waals surface area contributed by atoms with Crippen LogP contribution in [0, 0.1) is 0 Å². The van der Waals surface area contributed by atoms with E-state index in [1.807, 2.05) is 24.3 Å². The fourth-order valence-electron chi connectivity index (χ4n) is 2.07. The van der Waals surface area contributed by atoms with E-state index < -0.39 is 6.04 Å². The maximum absolute atomic E-state index is 12.1. The van der Waals surface area contributed by atoms with E-state index in [0.717, 1.165) is 30.9 Å². The molecular weight excluding hydrogens is 266 g/mol. The molecule has 1 unspecified atom stereocenters. The number of carbonyl (C=O) groups excluding carboxylic acids is 1. The van der Waals surface area contributed by atoms with Crippen molar-refractivity contribution in [1.29, 1.82) is 0 Å². The van der Waals surface area contributed by atoms with Gasteiger partial charge in [0.25, 0.3) is 0 Å². The molecule has 0 spiro atoms. The number of amides is 1. The number of carbonyl (C=O) groups is 1. The fourth-order valence-corrected chi connectivity index (χ4v) is 2.07. The normalized spacial score (nSPS) is 12.4. The zero-order chi connectivity index (χ0) is 15.7. The van der Waals surface area contributed by atoms with Gasteiger partial charge >= 0.3 is 0 Å². The van der Waals surface area contributed by atoms with Crippen molar-refractivity contribution in [1.82, 2.24) is 4.90 Å². The first-order chi connectivity index (χ1) is 10.1. The lowest BCUT2D eigenvalue weighted by atomic mass is 10.1. The van der Waals surface area contributed by atoms with E-state index in [0.29, 0.717) is 13.0 Å². The van der Waals surface area contributed by atoms with Crippen LogP contribution < -0.4 is 11.1 Å².